The molecular weight excluding hydrogens is 203 g/mol. The Labute approximate surface area is 109 Å². The van der Waals surface area contributed by atoms with Gasteiger partial charge in [-0.3, -0.25) is 0 Å². The highest BCUT2D eigenvalue weighted by Crippen LogP contribution is 2.47. The Morgan fingerprint density at radius 2 is 1.41 bits per heavy atom. The van der Waals surface area contributed by atoms with E-state index < -0.39 is 0 Å². The van der Waals surface area contributed by atoms with Crippen molar-refractivity contribution in [3.63, 3.8) is 0 Å². The first kappa shape index (κ1) is 14.9. The highest BCUT2D eigenvalue weighted by Gasteiger charge is 2.36. The van der Waals surface area contributed by atoms with Gasteiger partial charge in [-0.15, -0.1) is 6.58 Å². The second-order valence-electron chi connectivity index (χ2n) is 5.93. The van der Waals surface area contributed by atoms with Crippen LogP contribution < -0.4 is 0 Å². The number of unbranched alkanes of at least 4 members (excludes halogenated alkanes) is 6. The molecule has 0 nitrogen and oxygen atoms in total. The minimum Gasteiger partial charge on any atom is -0.100 e. The van der Waals surface area contributed by atoms with Gasteiger partial charge in [0.05, 0.1) is 0 Å². The highest BCUT2D eigenvalue weighted by atomic mass is 14.3. The smallest absolute Gasteiger partial charge is 0.100 e. The summed E-state index contributed by atoms with van der Waals surface area (Å²) in [6, 6.07) is 0. The molecule has 0 amide bonds. The van der Waals surface area contributed by atoms with Crippen molar-refractivity contribution < 1.29 is 0 Å². The normalized spacial score (nSPS) is 18.5. The van der Waals surface area contributed by atoms with Gasteiger partial charge in [0.15, 0.2) is 0 Å². The molecule has 1 aliphatic carbocycles. The number of rotatable bonds is 11. The van der Waals surface area contributed by atoms with Crippen LogP contribution in [0.25, 0.3) is 0 Å². The van der Waals surface area contributed by atoms with Gasteiger partial charge in [-0.1, -0.05) is 83.4 Å². The molecule has 1 rings (SSSR count). The van der Waals surface area contributed by atoms with Crippen LogP contribution >= 0.6 is 0 Å². The Kier molecular flexibility index (Phi) is 7.72. The summed E-state index contributed by atoms with van der Waals surface area (Å²) in [4.78, 5) is 0. The Hall–Kier alpha value is -0.195. The molecule has 1 saturated carbocycles. The van der Waals surface area contributed by atoms with E-state index in [0.29, 0.717) is 0 Å². The van der Waals surface area contributed by atoms with Gasteiger partial charge in [0.25, 0.3) is 0 Å². The van der Waals surface area contributed by atoms with E-state index >= 15 is 0 Å². The minimum absolute atomic E-state index is 0.915. The fourth-order valence-corrected chi connectivity index (χ4v) is 2.94. The second-order valence-corrected chi connectivity index (χ2v) is 5.93. The molecule has 1 fully saturated rings. The average molecular weight is 234 g/mol. The summed E-state index contributed by atoms with van der Waals surface area (Å²) < 4.78 is 0. The third-order valence-electron chi connectivity index (χ3n) is 4.27. The number of allylic oxidation sites excluding steroid dienone is 1. The quantitative estimate of drug-likeness (QED) is 0.234. The van der Waals surface area contributed by atoms with Crippen LogP contribution in [0.3, 0.4) is 0 Å². The maximum absolute atomic E-state index is 4.16. The van der Waals surface area contributed by atoms with Gasteiger partial charge in [0, 0.05) is 0 Å². The molecule has 17 heavy (non-hydrogen) atoms. The summed E-state index contributed by atoms with van der Waals surface area (Å²) in [6.45, 7) is 9.73. The van der Waals surface area contributed by atoms with E-state index in [0.717, 1.165) is 12.5 Å². The Bertz CT molecular complexity index is 198. The lowest BCUT2D eigenvalue weighted by atomic mass is 9.40. The van der Waals surface area contributed by atoms with Gasteiger partial charge < -0.3 is 0 Å². The standard InChI is InChI=1S/C16H31B/c1-4-6-8-10-12-17(16-14-15(16)3)13-11-9-7-5-2/h16H,3-14H2,1-2H3. The minimum atomic E-state index is 0.915. The van der Waals surface area contributed by atoms with Gasteiger partial charge in [0.2, 0.25) is 0 Å². The first-order valence-corrected chi connectivity index (χ1v) is 7.97. The van der Waals surface area contributed by atoms with Crippen LogP contribution in [0.2, 0.25) is 18.5 Å². The molecule has 0 aromatic heterocycles. The van der Waals surface area contributed by atoms with Gasteiger partial charge in [0.1, 0.15) is 6.71 Å². The van der Waals surface area contributed by atoms with Crippen molar-refractivity contribution in [2.45, 2.75) is 90.1 Å². The molecule has 0 saturated heterocycles. The van der Waals surface area contributed by atoms with Crippen LogP contribution in [0.4, 0.5) is 0 Å². The zero-order chi connectivity index (χ0) is 12.5. The van der Waals surface area contributed by atoms with E-state index in [2.05, 4.69) is 20.4 Å². The highest BCUT2D eigenvalue weighted by molar-refractivity contribution is 6.62. The maximum atomic E-state index is 4.16. The second kappa shape index (κ2) is 8.83. The summed E-state index contributed by atoms with van der Waals surface area (Å²) in [7, 11) is 0. The number of hydrogen-bond donors (Lipinski definition) is 0. The SMILES string of the molecule is C=C1CC1B(CCCCCC)CCCCCC. The maximum Gasteiger partial charge on any atom is 0.148 e. The van der Waals surface area contributed by atoms with Gasteiger partial charge >= 0.3 is 0 Å². The van der Waals surface area contributed by atoms with Crippen LogP contribution in [-0.4, -0.2) is 6.71 Å². The van der Waals surface area contributed by atoms with Crippen LogP contribution in [0.5, 0.6) is 0 Å². The molecule has 0 aliphatic heterocycles. The van der Waals surface area contributed by atoms with E-state index in [1.54, 1.807) is 5.57 Å². The van der Waals surface area contributed by atoms with Crippen LogP contribution in [-0.2, 0) is 0 Å². The molecule has 0 N–H and O–H groups in total. The average Bonchev–Trinajstić information content (AvgIpc) is 3.04. The third kappa shape index (κ3) is 6.34. The third-order valence-corrected chi connectivity index (χ3v) is 4.27. The summed E-state index contributed by atoms with van der Waals surface area (Å²) in [5, 5.41) is 0. The molecule has 0 aromatic carbocycles. The first-order chi connectivity index (χ1) is 8.29. The van der Waals surface area contributed by atoms with Crippen molar-refractivity contribution >= 4 is 6.71 Å². The van der Waals surface area contributed by atoms with E-state index in [-0.39, 0.29) is 0 Å². The van der Waals surface area contributed by atoms with Crippen molar-refractivity contribution in [2.75, 3.05) is 0 Å². The largest absolute Gasteiger partial charge is 0.148 e. The monoisotopic (exact) mass is 234 g/mol. The zero-order valence-electron chi connectivity index (χ0n) is 12.1. The molecule has 1 unspecified atom stereocenters. The summed E-state index contributed by atoms with van der Waals surface area (Å²) in [5.41, 5.74) is 1.54. The van der Waals surface area contributed by atoms with Gasteiger partial charge in [-0.25, -0.2) is 0 Å². The summed E-state index contributed by atoms with van der Waals surface area (Å²) in [6.07, 6.45) is 15.6. The molecule has 0 bridgehead atoms. The van der Waals surface area contributed by atoms with E-state index in [4.69, 9.17) is 0 Å². The zero-order valence-corrected chi connectivity index (χ0v) is 12.1. The Morgan fingerprint density at radius 3 is 1.76 bits per heavy atom. The molecule has 98 valence electrons. The topological polar surface area (TPSA) is 0 Å². The lowest BCUT2D eigenvalue weighted by Gasteiger charge is -2.12. The van der Waals surface area contributed by atoms with Crippen molar-refractivity contribution in [3.05, 3.63) is 12.2 Å². The Morgan fingerprint density at radius 1 is 0.941 bits per heavy atom. The van der Waals surface area contributed by atoms with Crippen molar-refractivity contribution in [1.29, 1.82) is 0 Å². The molecule has 0 radical (unpaired) electrons. The predicted molar refractivity (Wildman–Crippen MR) is 81.2 cm³/mol. The fraction of sp³-hybridized carbons (Fsp3) is 0.875. The van der Waals surface area contributed by atoms with E-state index in [1.165, 1.54) is 70.4 Å². The summed E-state index contributed by atoms with van der Waals surface area (Å²) in [5.74, 6) is 0.915. The number of hydrogen-bond acceptors (Lipinski definition) is 0. The molecule has 1 heteroatoms. The predicted octanol–water partition coefficient (Wildman–Crippen LogP) is 5.97. The molecule has 1 atom stereocenters. The van der Waals surface area contributed by atoms with Crippen LogP contribution in [0.15, 0.2) is 12.2 Å². The van der Waals surface area contributed by atoms with Crippen molar-refractivity contribution in [2.24, 2.45) is 0 Å². The lowest BCUT2D eigenvalue weighted by Crippen LogP contribution is -2.12. The lowest BCUT2D eigenvalue weighted by molar-refractivity contribution is 0.684. The van der Waals surface area contributed by atoms with Crippen molar-refractivity contribution in [3.8, 4) is 0 Å². The fourth-order valence-electron chi connectivity index (χ4n) is 2.94. The van der Waals surface area contributed by atoms with E-state index in [9.17, 15) is 0 Å². The van der Waals surface area contributed by atoms with Gasteiger partial charge in [-0.05, 0) is 12.2 Å². The van der Waals surface area contributed by atoms with Crippen LogP contribution in [0.1, 0.15) is 71.6 Å². The molecule has 1 aliphatic rings. The van der Waals surface area contributed by atoms with Crippen molar-refractivity contribution in [1.82, 2.24) is 0 Å². The van der Waals surface area contributed by atoms with Gasteiger partial charge in [-0.2, -0.15) is 0 Å². The molecule has 0 spiro atoms. The Balaban J connectivity index is 2.12. The molecular formula is C16H31B. The molecule has 0 heterocycles. The summed E-state index contributed by atoms with van der Waals surface area (Å²) >= 11 is 0. The van der Waals surface area contributed by atoms with E-state index in [1.807, 2.05) is 0 Å². The molecule has 0 aromatic rings. The first-order valence-electron chi connectivity index (χ1n) is 7.97. The van der Waals surface area contributed by atoms with Crippen LogP contribution in [0, 0.1) is 0 Å².